The number of hydrogen-bond acceptors (Lipinski definition) is 6. The van der Waals surface area contributed by atoms with Crippen LogP contribution in [0.15, 0.2) is 52.4 Å². The Hall–Kier alpha value is -2.82. The van der Waals surface area contributed by atoms with E-state index in [1.54, 1.807) is 18.2 Å². The van der Waals surface area contributed by atoms with Gasteiger partial charge in [-0.05, 0) is 76.6 Å². The van der Waals surface area contributed by atoms with Gasteiger partial charge in [0.2, 0.25) is 5.91 Å². The molecule has 0 radical (unpaired) electrons. The van der Waals surface area contributed by atoms with Gasteiger partial charge in [0.05, 0.1) is 21.0 Å². The van der Waals surface area contributed by atoms with Crippen molar-refractivity contribution in [2.24, 2.45) is 0 Å². The van der Waals surface area contributed by atoms with Crippen molar-refractivity contribution in [2.75, 3.05) is 25.1 Å². The number of nitrogens with zero attached hydrogens (tertiary/aromatic N) is 1. The number of carbonyl (C=O) groups excluding carboxylic acids is 3. The second-order valence-electron chi connectivity index (χ2n) is 6.81. The standard InChI is InChI=1S/C23H19BrClFN2O5S/c1-3-7-33-21-15(24)8-13(9-18(21)32-4-2)10-19-22(30)28(23(31)34-19)12-20(29)27-14-5-6-17(26)16(25)11-14/h3,5-6,8-11H,1,4,7,12H2,2H3,(H,27,29)/b19-10+. The number of thioether (sulfide) groups is 1. The van der Waals surface area contributed by atoms with E-state index in [1.807, 2.05) is 6.92 Å². The number of nitrogens with one attached hydrogen (secondary N) is 1. The summed E-state index contributed by atoms with van der Waals surface area (Å²) in [5, 5.41) is 1.74. The first-order valence-corrected chi connectivity index (χ1v) is 11.9. The van der Waals surface area contributed by atoms with Crippen LogP contribution in [0.2, 0.25) is 5.02 Å². The fourth-order valence-corrected chi connectivity index (χ4v) is 4.52. The lowest BCUT2D eigenvalue weighted by Gasteiger charge is -2.14. The highest BCUT2D eigenvalue weighted by Crippen LogP contribution is 2.39. The van der Waals surface area contributed by atoms with Crippen LogP contribution in [0.3, 0.4) is 0 Å². The fraction of sp³-hybridized carbons (Fsp3) is 0.174. The van der Waals surface area contributed by atoms with Crippen molar-refractivity contribution in [3.8, 4) is 11.5 Å². The number of halogens is 3. The van der Waals surface area contributed by atoms with E-state index in [2.05, 4.69) is 27.8 Å². The van der Waals surface area contributed by atoms with Crippen LogP contribution in [0.4, 0.5) is 14.9 Å². The van der Waals surface area contributed by atoms with E-state index in [4.69, 9.17) is 21.1 Å². The van der Waals surface area contributed by atoms with Crippen LogP contribution < -0.4 is 14.8 Å². The smallest absolute Gasteiger partial charge is 0.294 e. The van der Waals surface area contributed by atoms with E-state index < -0.39 is 29.4 Å². The van der Waals surface area contributed by atoms with Crippen LogP contribution in [-0.2, 0) is 9.59 Å². The molecule has 1 aliphatic rings. The molecule has 2 aromatic rings. The minimum atomic E-state index is -0.629. The third kappa shape index (κ3) is 6.19. The van der Waals surface area contributed by atoms with Gasteiger partial charge in [-0.25, -0.2) is 4.39 Å². The molecule has 1 aliphatic heterocycles. The summed E-state index contributed by atoms with van der Waals surface area (Å²) in [6, 6.07) is 7.07. The van der Waals surface area contributed by atoms with Crippen LogP contribution in [0.5, 0.6) is 11.5 Å². The van der Waals surface area contributed by atoms with Crippen molar-refractivity contribution in [1.82, 2.24) is 4.90 Å². The Balaban J connectivity index is 1.76. The van der Waals surface area contributed by atoms with Crippen molar-refractivity contribution in [1.29, 1.82) is 0 Å². The highest BCUT2D eigenvalue weighted by atomic mass is 79.9. The molecule has 1 saturated heterocycles. The molecule has 1 fully saturated rings. The molecule has 0 unspecified atom stereocenters. The highest BCUT2D eigenvalue weighted by Gasteiger charge is 2.36. The molecular weight excluding hydrogens is 551 g/mol. The van der Waals surface area contributed by atoms with Crippen molar-refractivity contribution >= 4 is 68.1 Å². The number of benzene rings is 2. The Bertz CT molecular complexity index is 1190. The van der Waals surface area contributed by atoms with Gasteiger partial charge in [0.1, 0.15) is 19.0 Å². The van der Waals surface area contributed by atoms with Crippen LogP contribution >= 0.6 is 39.3 Å². The number of imide groups is 1. The minimum Gasteiger partial charge on any atom is -0.490 e. The number of rotatable bonds is 9. The van der Waals surface area contributed by atoms with E-state index >= 15 is 0 Å². The molecule has 3 rings (SSSR count). The normalized spacial score (nSPS) is 14.5. The van der Waals surface area contributed by atoms with Crippen molar-refractivity contribution in [3.63, 3.8) is 0 Å². The first-order chi connectivity index (χ1) is 16.2. The molecule has 178 valence electrons. The lowest BCUT2D eigenvalue weighted by Crippen LogP contribution is -2.36. The average Bonchev–Trinajstić information content (AvgIpc) is 3.03. The first-order valence-electron chi connectivity index (χ1n) is 9.93. The summed E-state index contributed by atoms with van der Waals surface area (Å²) >= 11 is 9.86. The number of hydrogen-bond donors (Lipinski definition) is 1. The monoisotopic (exact) mass is 568 g/mol. The zero-order valence-electron chi connectivity index (χ0n) is 17.9. The Morgan fingerprint density at radius 1 is 1.29 bits per heavy atom. The molecule has 2 aromatic carbocycles. The zero-order chi connectivity index (χ0) is 24.8. The molecule has 0 atom stereocenters. The summed E-state index contributed by atoms with van der Waals surface area (Å²) in [6.45, 7) is 5.63. The quantitative estimate of drug-likeness (QED) is 0.300. The summed E-state index contributed by atoms with van der Waals surface area (Å²) in [6.07, 6.45) is 3.14. The Morgan fingerprint density at radius 3 is 2.74 bits per heavy atom. The SMILES string of the molecule is C=CCOc1c(Br)cc(/C=C2/SC(=O)N(CC(=O)Nc3ccc(F)c(Cl)c3)C2=O)cc1OCC. The summed E-state index contributed by atoms with van der Waals surface area (Å²) in [5.74, 6) is -0.916. The molecule has 3 amide bonds. The molecule has 0 spiro atoms. The molecule has 7 nitrogen and oxygen atoms in total. The molecule has 34 heavy (non-hydrogen) atoms. The van der Waals surface area contributed by atoms with Gasteiger partial charge in [0, 0.05) is 5.69 Å². The molecule has 0 aliphatic carbocycles. The second kappa shape index (κ2) is 11.5. The van der Waals surface area contributed by atoms with E-state index in [0.29, 0.717) is 28.1 Å². The Morgan fingerprint density at radius 2 is 2.06 bits per heavy atom. The second-order valence-corrected chi connectivity index (χ2v) is 9.06. The lowest BCUT2D eigenvalue weighted by atomic mass is 10.2. The van der Waals surface area contributed by atoms with Gasteiger partial charge < -0.3 is 14.8 Å². The summed E-state index contributed by atoms with van der Waals surface area (Å²) in [7, 11) is 0. The predicted molar refractivity (Wildman–Crippen MR) is 134 cm³/mol. The third-order valence-corrected chi connectivity index (χ3v) is 6.14. The summed E-state index contributed by atoms with van der Waals surface area (Å²) in [4.78, 5) is 38.5. The van der Waals surface area contributed by atoms with Gasteiger partial charge in [-0.15, -0.1) is 0 Å². The van der Waals surface area contributed by atoms with Gasteiger partial charge in [-0.3, -0.25) is 19.3 Å². The van der Waals surface area contributed by atoms with Crippen LogP contribution in [0.1, 0.15) is 12.5 Å². The van der Waals surface area contributed by atoms with Crippen molar-refractivity contribution in [3.05, 3.63) is 68.8 Å². The molecule has 0 aromatic heterocycles. The topological polar surface area (TPSA) is 84.9 Å². The van der Waals surface area contributed by atoms with Gasteiger partial charge in [-0.1, -0.05) is 24.3 Å². The van der Waals surface area contributed by atoms with Crippen LogP contribution in [-0.4, -0.2) is 41.7 Å². The zero-order valence-corrected chi connectivity index (χ0v) is 21.1. The summed E-state index contributed by atoms with van der Waals surface area (Å²) < 4.78 is 25.2. The van der Waals surface area contributed by atoms with Gasteiger partial charge in [0.15, 0.2) is 11.5 Å². The maximum Gasteiger partial charge on any atom is 0.294 e. The van der Waals surface area contributed by atoms with E-state index in [9.17, 15) is 18.8 Å². The first kappa shape index (κ1) is 25.8. The Labute approximate surface area is 213 Å². The minimum absolute atomic E-state index is 0.150. The molecule has 0 saturated carbocycles. The van der Waals surface area contributed by atoms with Gasteiger partial charge in [-0.2, -0.15) is 0 Å². The maximum atomic E-state index is 13.3. The third-order valence-electron chi connectivity index (χ3n) is 4.35. The average molecular weight is 570 g/mol. The maximum absolute atomic E-state index is 13.3. The van der Waals surface area contributed by atoms with Crippen molar-refractivity contribution in [2.45, 2.75) is 6.92 Å². The van der Waals surface area contributed by atoms with E-state index in [-0.39, 0.29) is 22.2 Å². The van der Waals surface area contributed by atoms with Crippen LogP contribution in [0.25, 0.3) is 6.08 Å². The molecule has 1 heterocycles. The molecule has 11 heteroatoms. The number of amides is 3. The molecule has 1 N–H and O–H groups in total. The van der Waals surface area contributed by atoms with Crippen LogP contribution in [0, 0.1) is 5.82 Å². The van der Waals surface area contributed by atoms with Gasteiger partial charge >= 0.3 is 0 Å². The number of carbonyl (C=O) groups is 3. The largest absolute Gasteiger partial charge is 0.490 e. The lowest BCUT2D eigenvalue weighted by molar-refractivity contribution is -0.127. The predicted octanol–water partition coefficient (Wildman–Crippen LogP) is 5.88. The van der Waals surface area contributed by atoms with E-state index in [1.165, 1.54) is 18.2 Å². The number of anilines is 1. The number of ether oxygens (including phenoxy) is 2. The Kier molecular flexibility index (Phi) is 8.76. The highest BCUT2D eigenvalue weighted by molar-refractivity contribution is 9.10. The van der Waals surface area contributed by atoms with E-state index in [0.717, 1.165) is 22.7 Å². The molecule has 0 bridgehead atoms. The fourth-order valence-electron chi connectivity index (χ4n) is 2.92. The van der Waals surface area contributed by atoms with Crippen molar-refractivity contribution < 1.29 is 28.2 Å². The molecular formula is C23H19BrClFN2O5S. The van der Waals surface area contributed by atoms with Gasteiger partial charge in [0.25, 0.3) is 11.1 Å². The summed E-state index contributed by atoms with van der Waals surface area (Å²) in [5.41, 5.74) is 0.836.